The molecule has 7 aromatic rings. The van der Waals surface area contributed by atoms with Gasteiger partial charge in [-0.25, -0.2) is 0 Å². The van der Waals surface area contributed by atoms with Gasteiger partial charge in [-0.05, 0) is 24.3 Å². The summed E-state index contributed by atoms with van der Waals surface area (Å²) < 4.78 is 0. The van der Waals surface area contributed by atoms with E-state index in [1.807, 2.05) is 0 Å². The van der Waals surface area contributed by atoms with Crippen LogP contribution in [0.4, 0.5) is 0 Å². The van der Waals surface area contributed by atoms with E-state index in [2.05, 4.69) is 230 Å². The van der Waals surface area contributed by atoms with Crippen LogP contribution in [0.15, 0.2) is 206 Å². The minimum absolute atomic E-state index is 0.959. The van der Waals surface area contributed by atoms with Crippen LogP contribution in [-0.2, 0) is 0 Å². The fourth-order valence-electron chi connectivity index (χ4n) is 7.13. The molecule has 48 heavy (non-hydrogen) atoms. The van der Waals surface area contributed by atoms with Gasteiger partial charge in [-0.15, -0.1) is 11.8 Å². The Labute approximate surface area is 285 Å². The number of rotatable bonds is 6. The maximum Gasteiger partial charge on any atom is 0.149 e. The number of benzene rings is 7. The van der Waals surface area contributed by atoms with E-state index in [9.17, 15) is 0 Å². The van der Waals surface area contributed by atoms with Crippen molar-refractivity contribution in [2.75, 3.05) is 0 Å². The molecule has 226 valence electrons. The molecule has 0 saturated heterocycles. The van der Waals surface area contributed by atoms with E-state index in [0.29, 0.717) is 0 Å². The molecule has 0 heterocycles. The van der Waals surface area contributed by atoms with Gasteiger partial charge >= 0.3 is 0 Å². The second-order valence-electron chi connectivity index (χ2n) is 12.3. The SMILES string of the molecule is C(#C[B-](c1ccccc1)(c1ccccc1)c1ccccc1)c1ccc(C#C[B-](c2ccccc2)(c2ccccc2)c2ccccc2)cc1. The average Bonchev–Trinajstić information content (AvgIpc) is 3.18. The zero-order valence-corrected chi connectivity index (χ0v) is 26.8. The van der Waals surface area contributed by atoms with Gasteiger partial charge in [0.1, 0.15) is 12.3 Å². The summed E-state index contributed by atoms with van der Waals surface area (Å²) in [5.74, 6) is 14.8. The lowest BCUT2D eigenvalue weighted by Gasteiger charge is -2.38. The summed E-state index contributed by atoms with van der Waals surface area (Å²) in [5, 5.41) is 0. The van der Waals surface area contributed by atoms with Crippen LogP contribution in [0.2, 0.25) is 0 Å². The normalized spacial score (nSPS) is 11.0. The summed E-state index contributed by atoms with van der Waals surface area (Å²) in [4.78, 5) is 0. The van der Waals surface area contributed by atoms with Crippen LogP contribution in [0, 0.1) is 23.5 Å². The van der Waals surface area contributed by atoms with Gasteiger partial charge in [0.05, 0.1) is 0 Å². The van der Waals surface area contributed by atoms with Crippen molar-refractivity contribution < 1.29 is 0 Å². The lowest BCUT2D eigenvalue weighted by molar-refractivity contribution is 1.60. The van der Waals surface area contributed by atoms with Gasteiger partial charge in [-0.2, -0.15) is 32.8 Å². The molecule has 0 fully saturated rings. The number of hydrogen-bond acceptors (Lipinski definition) is 0. The molecule has 0 bridgehead atoms. The van der Waals surface area contributed by atoms with Gasteiger partial charge in [0.25, 0.3) is 0 Å². The maximum atomic E-state index is 3.82. The molecular weight excluding hydrogens is 574 g/mol. The second kappa shape index (κ2) is 14.1. The van der Waals surface area contributed by atoms with Gasteiger partial charge < -0.3 is 0 Å². The predicted molar refractivity (Wildman–Crippen MR) is 208 cm³/mol. The topological polar surface area (TPSA) is 0 Å². The first kappa shape index (κ1) is 30.4. The van der Waals surface area contributed by atoms with E-state index < -0.39 is 12.3 Å². The molecule has 0 aliphatic rings. The maximum absolute atomic E-state index is 3.82. The van der Waals surface area contributed by atoms with E-state index in [4.69, 9.17) is 0 Å². The Kier molecular flexibility index (Phi) is 8.91. The first-order chi connectivity index (χ1) is 23.8. The fraction of sp³-hybridized carbons (Fsp3) is 0. The van der Waals surface area contributed by atoms with Crippen molar-refractivity contribution in [3.63, 3.8) is 0 Å². The molecule has 0 unspecified atom stereocenters. The molecule has 0 aromatic heterocycles. The van der Waals surface area contributed by atoms with Crippen LogP contribution in [0.3, 0.4) is 0 Å². The summed E-state index contributed by atoms with van der Waals surface area (Å²) >= 11 is 0. The van der Waals surface area contributed by atoms with Crippen LogP contribution in [0.25, 0.3) is 0 Å². The Hall–Kier alpha value is -6.21. The highest BCUT2D eigenvalue weighted by Crippen LogP contribution is 2.11. The van der Waals surface area contributed by atoms with Gasteiger partial charge in [0.2, 0.25) is 0 Å². The highest BCUT2D eigenvalue weighted by molar-refractivity contribution is 7.17. The minimum Gasteiger partial charge on any atom is -0.292 e. The molecule has 7 aromatic carbocycles. The van der Waals surface area contributed by atoms with Gasteiger partial charge in [-0.3, -0.25) is 11.6 Å². The zero-order chi connectivity index (χ0) is 32.5. The molecule has 0 nitrogen and oxygen atoms in total. The summed E-state index contributed by atoms with van der Waals surface area (Å²) in [6, 6.07) is 72.5. The molecule has 0 amide bonds. The van der Waals surface area contributed by atoms with E-state index in [0.717, 1.165) is 11.1 Å². The molecule has 7 rings (SSSR count). The van der Waals surface area contributed by atoms with Crippen molar-refractivity contribution in [3.05, 3.63) is 217 Å². The molecule has 2 heteroatoms. The third-order valence-corrected chi connectivity index (χ3v) is 9.55. The lowest BCUT2D eigenvalue weighted by atomic mass is 9.16. The van der Waals surface area contributed by atoms with Crippen LogP contribution < -0.4 is 32.8 Å². The summed E-state index contributed by atoms with van der Waals surface area (Å²) in [6.07, 6.45) is -3.09. The van der Waals surface area contributed by atoms with Crippen LogP contribution in [0.5, 0.6) is 0 Å². The first-order valence-electron chi connectivity index (χ1n) is 16.6. The van der Waals surface area contributed by atoms with E-state index >= 15 is 0 Å². The lowest BCUT2D eigenvalue weighted by Crippen LogP contribution is -2.66. The molecular formula is C46H34B2-2. The molecule has 0 aliphatic carbocycles. The molecule has 0 N–H and O–H groups in total. The summed E-state index contributed by atoms with van der Waals surface area (Å²) in [6.45, 7) is 0. The Balaban J connectivity index is 1.32. The Morgan fingerprint density at radius 1 is 0.229 bits per heavy atom. The Morgan fingerprint density at radius 3 is 0.604 bits per heavy atom. The van der Waals surface area contributed by atoms with Crippen molar-refractivity contribution in [1.29, 1.82) is 0 Å². The van der Waals surface area contributed by atoms with Crippen molar-refractivity contribution in [2.45, 2.75) is 0 Å². The smallest absolute Gasteiger partial charge is 0.149 e. The van der Waals surface area contributed by atoms with E-state index in [-0.39, 0.29) is 0 Å². The number of hydrogen-bond donors (Lipinski definition) is 0. The Morgan fingerprint density at radius 2 is 0.417 bits per heavy atom. The molecule has 0 spiro atoms. The zero-order valence-electron chi connectivity index (χ0n) is 26.8. The van der Waals surface area contributed by atoms with Crippen molar-refractivity contribution in [2.24, 2.45) is 0 Å². The predicted octanol–water partition coefficient (Wildman–Crippen LogP) is 5.81. The highest BCUT2D eigenvalue weighted by atomic mass is 14.1. The molecule has 0 saturated carbocycles. The first-order valence-corrected chi connectivity index (χ1v) is 16.6. The second-order valence-corrected chi connectivity index (χ2v) is 12.3. The summed E-state index contributed by atoms with van der Waals surface area (Å²) in [5.41, 5.74) is 9.12. The molecule has 0 aliphatic heterocycles. The van der Waals surface area contributed by atoms with E-state index in [1.54, 1.807) is 0 Å². The highest BCUT2D eigenvalue weighted by Gasteiger charge is 2.29. The summed E-state index contributed by atoms with van der Waals surface area (Å²) in [7, 11) is 0. The Bertz CT molecular complexity index is 1840. The van der Waals surface area contributed by atoms with Crippen LogP contribution in [-0.4, -0.2) is 12.3 Å². The largest absolute Gasteiger partial charge is 0.292 e. The minimum atomic E-state index is -1.55. The van der Waals surface area contributed by atoms with Gasteiger partial charge in [-0.1, -0.05) is 182 Å². The van der Waals surface area contributed by atoms with E-state index in [1.165, 1.54) is 32.8 Å². The standard InChI is InChI=1S/C46H34B2/c1-7-19-41(20-8-1)47(42-21-9-2-10-22-42,43-23-11-3-12-24-43)37-35-39-31-33-40(34-32-39)36-38-48(44-25-13-4-14-26-44,45-27-15-5-16-28-45)46-29-17-6-18-30-46/h1-34H/q-2. The van der Waals surface area contributed by atoms with Crippen molar-refractivity contribution >= 4 is 45.1 Å². The average molecular weight is 608 g/mol. The third-order valence-electron chi connectivity index (χ3n) is 9.55. The third kappa shape index (κ3) is 6.01. The van der Waals surface area contributed by atoms with Crippen LogP contribution >= 0.6 is 0 Å². The quantitative estimate of drug-likeness (QED) is 0.165. The van der Waals surface area contributed by atoms with Gasteiger partial charge in [0.15, 0.2) is 0 Å². The monoisotopic (exact) mass is 608 g/mol. The molecule has 0 atom stereocenters. The molecule has 0 radical (unpaired) electrons. The van der Waals surface area contributed by atoms with Crippen molar-refractivity contribution in [3.8, 4) is 23.5 Å². The van der Waals surface area contributed by atoms with Crippen molar-refractivity contribution in [1.82, 2.24) is 0 Å². The van der Waals surface area contributed by atoms with Gasteiger partial charge in [0, 0.05) is 11.1 Å². The van der Waals surface area contributed by atoms with Crippen LogP contribution in [0.1, 0.15) is 11.1 Å². The fourth-order valence-corrected chi connectivity index (χ4v) is 7.13.